The van der Waals surface area contributed by atoms with Crippen LogP contribution in [0.25, 0.3) is 10.9 Å². The Morgan fingerprint density at radius 1 is 0.915 bits per heavy atom. The van der Waals surface area contributed by atoms with E-state index in [4.69, 9.17) is 0 Å². The van der Waals surface area contributed by atoms with Crippen molar-refractivity contribution in [2.24, 2.45) is 0 Å². The molecule has 3 aromatic rings. The first-order chi connectivity index (χ1) is 22.8. The zero-order valence-corrected chi connectivity index (χ0v) is 27.7. The monoisotopic (exact) mass is 640 g/mol. The molecule has 11 heteroatoms. The fraction of sp³-hybridized carbons (Fsp3) is 0.528. The minimum Gasteiger partial charge on any atom is -0.338 e. The number of para-hydroxylation sites is 1. The van der Waals surface area contributed by atoms with Gasteiger partial charge in [0.05, 0.1) is 5.69 Å². The van der Waals surface area contributed by atoms with Crippen LogP contribution in [0.1, 0.15) is 53.9 Å². The number of piperidine rings is 2. The Balaban J connectivity index is 1.02. The van der Waals surface area contributed by atoms with Gasteiger partial charge in [0.25, 0.3) is 5.56 Å². The number of H-pyrrole nitrogens is 1. The fourth-order valence-electron chi connectivity index (χ4n) is 8.03. The Morgan fingerprint density at radius 3 is 2.43 bits per heavy atom. The molecule has 0 radical (unpaired) electrons. The SMILES string of the molecule is Cc1cc(CC(NC(=O)N2CCC(c3cc4ccccc4[nH]c3=O)CC2)C(=O)N2CCN(C3CCN(C)CC3)CC2)cc2c1NNC2. The van der Waals surface area contributed by atoms with E-state index in [0.29, 0.717) is 51.5 Å². The molecule has 4 N–H and O–H groups in total. The molecule has 47 heavy (non-hydrogen) atoms. The molecule has 0 aliphatic carbocycles. The minimum atomic E-state index is -0.654. The van der Waals surface area contributed by atoms with Crippen molar-refractivity contribution in [3.8, 4) is 0 Å². The first-order valence-electron chi connectivity index (χ1n) is 17.3. The van der Waals surface area contributed by atoms with Crippen molar-refractivity contribution in [2.75, 3.05) is 64.8 Å². The van der Waals surface area contributed by atoms with Crippen molar-refractivity contribution >= 4 is 28.5 Å². The van der Waals surface area contributed by atoms with Gasteiger partial charge in [0, 0.05) is 69.4 Å². The van der Waals surface area contributed by atoms with Crippen LogP contribution in [0.2, 0.25) is 0 Å². The van der Waals surface area contributed by atoms with Gasteiger partial charge in [-0.05, 0) is 92.9 Å². The van der Waals surface area contributed by atoms with Gasteiger partial charge in [-0.1, -0.05) is 30.3 Å². The number of anilines is 1. The Labute approximate surface area is 276 Å². The molecule has 2 aromatic carbocycles. The van der Waals surface area contributed by atoms with Crippen molar-refractivity contribution in [2.45, 2.75) is 63.6 Å². The van der Waals surface area contributed by atoms with Crippen molar-refractivity contribution in [3.05, 3.63) is 75.1 Å². The van der Waals surface area contributed by atoms with E-state index in [0.717, 1.165) is 66.0 Å². The summed E-state index contributed by atoms with van der Waals surface area (Å²) in [4.78, 5) is 52.5. The second kappa shape index (κ2) is 13.7. The molecule has 0 saturated carbocycles. The lowest BCUT2D eigenvalue weighted by atomic mass is 9.89. The topological polar surface area (TPSA) is 116 Å². The van der Waals surface area contributed by atoms with Gasteiger partial charge in [-0.15, -0.1) is 0 Å². The van der Waals surface area contributed by atoms with Crippen LogP contribution in [0.4, 0.5) is 10.5 Å². The molecule has 1 aromatic heterocycles. The van der Waals surface area contributed by atoms with Crippen molar-refractivity contribution in [1.82, 2.24) is 35.3 Å². The van der Waals surface area contributed by atoms with E-state index >= 15 is 0 Å². The number of hydrogen-bond donors (Lipinski definition) is 4. The lowest BCUT2D eigenvalue weighted by Gasteiger charge is -2.43. The fourth-order valence-corrected chi connectivity index (χ4v) is 8.03. The van der Waals surface area contributed by atoms with E-state index in [-0.39, 0.29) is 23.4 Å². The maximum absolute atomic E-state index is 14.2. The van der Waals surface area contributed by atoms with Gasteiger partial charge in [-0.3, -0.25) is 14.5 Å². The van der Waals surface area contributed by atoms with Crippen LogP contribution in [0.3, 0.4) is 0 Å². The number of nitrogens with zero attached hydrogens (tertiary/aromatic N) is 4. The standard InChI is InChI=1S/C36H48N8O3/c1-24-19-25(20-28-23-37-40-33(24)28)21-32(35(46)43-17-15-42(16-18-43)29-9-11-41(2)12-10-29)39-36(47)44-13-7-26(8-14-44)30-22-27-5-3-4-6-31(27)38-34(30)45/h3-6,19-20,22,26,29,32,37,40H,7-18,21,23H2,1-2H3,(H,38,45)(H,39,47). The minimum absolute atomic E-state index is 0.00615. The Hall–Kier alpha value is -3.93. The molecule has 3 amide bonds. The van der Waals surface area contributed by atoms with Crippen LogP contribution < -0.4 is 21.7 Å². The Kier molecular flexibility index (Phi) is 9.20. The molecule has 1 atom stereocenters. The first-order valence-corrected chi connectivity index (χ1v) is 17.3. The van der Waals surface area contributed by atoms with Gasteiger partial charge in [-0.2, -0.15) is 0 Å². The number of hydrogen-bond acceptors (Lipinski definition) is 7. The highest BCUT2D eigenvalue weighted by Crippen LogP contribution is 2.29. The molecule has 0 bridgehead atoms. The number of aromatic amines is 1. The summed E-state index contributed by atoms with van der Waals surface area (Å²) in [6, 6.07) is 13.8. The van der Waals surface area contributed by atoms with Crippen LogP contribution >= 0.6 is 0 Å². The maximum Gasteiger partial charge on any atom is 0.318 e. The number of nitrogens with one attached hydrogen (secondary N) is 4. The largest absolute Gasteiger partial charge is 0.338 e. The predicted molar refractivity (Wildman–Crippen MR) is 184 cm³/mol. The third kappa shape index (κ3) is 6.88. The van der Waals surface area contributed by atoms with Gasteiger partial charge < -0.3 is 30.4 Å². The van der Waals surface area contributed by atoms with Crippen LogP contribution in [0, 0.1) is 6.92 Å². The van der Waals surface area contributed by atoms with Crippen LogP contribution in [-0.2, 0) is 17.8 Å². The van der Waals surface area contributed by atoms with Gasteiger partial charge >= 0.3 is 6.03 Å². The van der Waals surface area contributed by atoms with Gasteiger partial charge in [0.2, 0.25) is 5.91 Å². The van der Waals surface area contributed by atoms with Gasteiger partial charge in [0.15, 0.2) is 0 Å². The highest BCUT2D eigenvalue weighted by molar-refractivity contribution is 5.87. The summed E-state index contributed by atoms with van der Waals surface area (Å²) in [5.41, 5.74) is 12.4. The van der Waals surface area contributed by atoms with E-state index in [1.807, 2.05) is 40.1 Å². The first kappa shape index (κ1) is 31.7. The second-order valence-electron chi connectivity index (χ2n) is 13.9. The van der Waals surface area contributed by atoms with E-state index in [9.17, 15) is 14.4 Å². The number of aromatic nitrogens is 1. The van der Waals surface area contributed by atoms with Gasteiger partial charge in [0.1, 0.15) is 6.04 Å². The number of benzene rings is 2. The molecule has 1 unspecified atom stereocenters. The summed E-state index contributed by atoms with van der Waals surface area (Å²) in [7, 11) is 2.19. The highest BCUT2D eigenvalue weighted by Gasteiger charge is 2.34. The molecule has 11 nitrogen and oxygen atoms in total. The molecule has 4 aliphatic rings. The Bertz CT molecular complexity index is 1670. The summed E-state index contributed by atoms with van der Waals surface area (Å²) in [5.74, 6) is 0.0793. The number of aryl methyl sites for hydroxylation is 1. The summed E-state index contributed by atoms with van der Waals surface area (Å²) >= 11 is 0. The maximum atomic E-state index is 14.2. The number of amides is 3. The number of urea groups is 1. The number of carbonyl (C=O) groups excluding carboxylic acids is 2. The average Bonchev–Trinajstić information content (AvgIpc) is 3.57. The molecular formula is C36H48N8O3. The summed E-state index contributed by atoms with van der Waals surface area (Å²) in [5, 5.41) is 4.18. The van der Waals surface area contributed by atoms with E-state index in [2.05, 4.69) is 57.1 Å². The molecule has 250 valence electrons. The third-order valence-electron chi connectivity index (χ3n) is 10.8. The van der Waals surface area contributed by atoms with Crippen molar-refractivity contribution in [1.29, 1.82) is 0 Å². The molecular weight excluding hydrogens is 592 g/mol. The predicted octanol–water partition coefficient (Wildman–Crippen LogP) is 3.01. The average molecular weight is 641 g/mol. The lowest BCUT2D eigenvalue weighted by molar-refractivity contribution is -0.135. The zero-order valence-electron chi connectivity index (χ0n) is 27.7. The van der Waals surface area contributed by atoms with Gasteiger partial charge in [-0.25, -0.2) is 10.2 Å². The molecule has 7 rings (SSSR count). The molecule has 4 aliphatic heterocycles. The molecule has 0 spiro atoms. The Morgan fingerprint density at radius 2 is 1.66 bits per heavy atom. The molecule has 3 fully saturated rings. The van der Waals surface area contributed by atoms with Crippen molar-refractivity contribution < 1.29 is 9.59 Å². The number of pyridine rings is 1. The number of hydrazine groups is 1. The van der Waals surface area contributed by atoms with Crippen LogP contribution in [0.15, 0.2) is 47.3 Å². The number of likely N-dealkylation sites (tertiary alicyclic amines) is 2. The summed E-state index contributed by atoms with van der Waals surface area (Å²) in [6.45, 7) is 9.23. The summed E-state index contributed by atoms with van der Waals surface area (Å²) < 4.78 is 0. The number of fused-ring (bicyclic) bond motifs is 2. The van der Waals surface area contributed by atoms with Crippen molar-refractivity contribution in [3.63, 3.8) is 0 Å². The zero-order chi connectivity index (χ0) is 32.5. The van der Waals surface area contributed by atoms with Crippen LogP contribution in [-0.4, -0.2) is 108 Å². The smallest absolute Gasteiger partial charge is 0.318 e. The molecule has 5 heterocycles. The normalized spacial score (nSPS) is 20.6. The molecule has 3 saturated heterocycles. The van der Waals surface area contributed by atoms with E-state index < -0.39 is 6.04 Å². The number of piperazine rings is 1. The summed E-state index contributed by atoms with van der Waals surface area (Å²) in [6.07, 6.45) is 4.20. The quantitative estimate of drug-likeness (QED) is 0.328. The highest BCUT2D eigenvalue weighted by atomic mass is 16.2. The second-order valence-corrected chi connectivity index (χ2v) is 13.9. The van der Waals surface area contributed by atoms with E-state index in [1.165, 1.54) is 18.4 Å². The van der Waals surface area contributed by atoms with E-state index in [1.54, 1.807) is 0 Å². The number of rotatable bonds is 6. The van der Waals surface area contributed by atoms with Crippen LogP contribution in [0.5, 0.6) is 0 Å². The third-order valence-corrected chi connectivity index (χ3v) is 10.8. The lowest BCUT2D eigenvalue weighted by Crippen LogP contribution is -2.59. The number of carbonyl (C=O) groups is 2.